The van der Waals surface area contributed by atoms with Gasteiger partial charge >= 0.3 is 7.69 Å². The lowest BCUT2D eigenvalue weighted by atomic mass is 10.5. The van der Waals surface area contributed by atoms with Crippen LogP contribution in [0.1, 0.15) is 0 Å². The van der Waals surface area contributed by atoms with Crippen LogP contribution in [0.5, 0.6) is 5.75 Å². The zero-order valence-electron chi connectivity index (χ0n) is 5.58. The van der Waals surface area contributed by atoms with Crippen LogP contribution in [0, 0.1) is 5.82 Å². The van der Waals surface area contributed by atoms with Crippen LogP contribution in [-0.2, 0) is 0 Å². The number of fused-ring (bicyclic) bond motifs is 1. The summed E-state index contributed by atoms with van der Waals surface area (Å²) in [6, 6.07) is 2.65. The highest BCUT2D eigenvalue weighted by atomic mass is 19.1. The van der Waals surface area contributed by atoms with Gasteiger partial charge in [-0.05, 0) is 12.1 Å². The molecule has 11 heavy (non-hydrogen) atoms. The molecule has 2 rings (SSSR count). The topological polar surface area (TPSA) is 60.7 Å². The molecule has 2 aliphatic carbocycles. The van der Waals surface area contributed by atoms with E-state index in [0.717, 1.165) is 0 Å². The second-order valence-corrected chi connectivity index (χ2v) is 1.99. The summed E-state index contributed by atoms with van der Waals surface area (Å²) in [5, 5.41) is 22.9. The third kappa shape index (κ3) is 1.50. The Hall–Kier alpha value is -1.07. The Kier molecular flexibility index (Phi) is 2.12. The van der Waals surface area contributed by atoms with Gasteiger partial charge in [0.25, 0.3) is 0 Å². The Morgan fingerprint density at radius 3 is 1.82 bits per heavy atom. The highest BCUT2D eigenvalue weighted by Crippen LogP contribution is 2.50. The maximum Gasteiger partial charge on any atom is 0.432 e. The summed E-state index contributed by atoms with van der Waals surface area (Å²) in [7, 11) is -0.750. The molecule has 0 amide bonds. The lowest BCUT2D eigenvalue weighted by Gasteiger charge is -1.69. The lowest BCUT2D eigenvalue weighted by Crippen LogP contribution is -1.75. The van der Waals surface area contributed by atoms with Crippen molar-refractivity contribution in [1.82, 2.24) is 0 Å². The predicted molar refractivity (Wildman–Crippen MR) is 38.6 cm³/mol. The molecule has 0 bridgehead atoms. The molecule has 0 saturated heterocycles. The van der Waals surface area contributed by atoms with Crippen LogP contribution in [-0.4, -0.2) is 22.8 Å². The van der Waals surface area contributed by atoms with Gasteiger partial charge in [0.15, 0.2) is 0 Å². The van der Waals surface area contributed by atoms with Crippen molar-refractivity contribution in [2.45, 2.75) is 0 Å². The van der Waals surface area contributed by atoms with Crippen molar-refractivity contribution in [3.63, 3.8) is 0 Å². The number of halogens is 1. The molecule has 0 aliphatic heterocycles. The molecule has 2 aliphatic rings. The average Bonchev–Trinajstić information content (AvgIpc) is 2.46. The minimum Gasteiger partial charge on any atom is -0.507 e. The maximum absolute atomic E-state index is 12.0. The minimum atomic E-state index is -0.750. The van der Waals surface area contributed by atoms with Gasteiger partial charge in [0, 0.05) is 11.1 Å². The molecule has 0 spiro atoms. The van der Waals surface area contributed by atoms with E-state index in [2.05, 4.69) is 0 Å². The van der Waals surface area contributed by atoms with E-state index in [0.29, 0.717) is 11.1 Å². The second-order valence-electron chi connectivity index (χ2n) is 1.99. The summed E-state index contributed by atoms with van der Waals surface area (Å²) < 4.78 is 12.0. The van der Waals surface area contributed by atoms with Crippen LogP contribution in [0.25, 0.3) is 11.1 Å². The van der Waals surface area contributed by atoms with Crippen LogP contribution in [0.15, 0.2) is 12.1 Å². The fourth-order valence-electron chi connectivity index (χ4n) is 0.816. The van der Waals surface area contributed by atoms with Gasteiger partial charge in [-0.3, -0.25) is 0 Å². The molecule has 58 valence electrons. The molecule has 0 fully saturated rings. The van der Waals surface area contributed by atoms with Crippen molar-refractivity contribution >= 4 is 7.69 Å². The van der Waals surface area contributed by atoms with Gasteiger partial charge in [0.2, 0.25) is 0 Å². The molecule has 0 atom stereocenters. The summed E-state index contributed by atoms with van der Waals surface area (Å²) in [6.07, 6.45) is 0. The van der Waals surface area contributed by atoms with E-state index in [1.807, 2.05) is 0 Å². The van der Waals surface area contributed by atoms with Gasteiger partial charge in [-0.25, -0.2) is 4.39 Å². The molecule has 0 aromatic carbocycles. The molecule has 0 heterocycles. The minimum absolute atomic E-state index is 0.256. The molecule has 3 nitrogen and oxygen atoms in total. The average molecular weight is 156 g/mol. The Bertz CT molecular complexity index is 254. The molecule has 0 saturated carbocycles. The van der Waals surface area contributed by atoms with Crippen LogP contribution < -0.4 is 0 Å². The number of hydrogen-bond donors (Lipinski definition) is 3. The number of benzene rings is 1. The summed E-state index contributed by atoms with van der Waals surface area (Å²) in [6.45, 7) is 0. The quantitative estimate of drug-likeness (QED) is 0.461. The molecule has 0 radical (unpaired) electrons. The fourth-order valence-corrected chi connectivity index (χ4v) is 0.816. The number of rotatable bonds is 0. The zero-order valence-corrected chi connectivity index (χ0v) is 5.58. The van der Waals surface area contributed by atoms with Crippen molar-refractivity contribution in [2.24, 2.45) is 0 Å². The van der Waals surface area contributed by atoms with Crippen molar-refractivity contribution in [2.75, 3.05) is 0 Å². The molecule has 0 aromatic heterocycles. The molecular weight excluding hydrogens is 150 g/mol. The monoisotopic (exact) mass is 156 g/mol. The zero-order chi connectivity index (χ0) is 8.43. The lowest BCUT2D eigenvalue weighted by molar-refractivity contribution is 0.448. The molecule has 5 heteroatoms. The Morgan fingerprint density at radius 2 is 1.55 bits per heavy atom. The molecule has 0 unspecified atom stereocenters. The van der Waals surface area contributed by atoms with Crippen molar-refractivity contribution in [1.29, 1.82) is 0 Å². The summed E-state index contributed by atoms with van der Waals surface area (Å²) in [5.74, 6) is -0.000741. The first-order valence-electron chi connectivity index (χ1n) is 2.95. The number of phenolic OH excluding ortho intramolecular Hbond substituents is 1. The smallest absolute Gasteiger partial charge is 0.432 e. The number of aromatic hydroxyl groups is 1. The van der Waals surface area contributed by atoms with Crippen LogP contribution in [0.2, 0.25) is 0 Å². The van der Waals surface area contributed by atoms with Crippen molar-refractivity contribution < 1.29 is 19.5 Å². The van der Waals surface area contributed by atoms with Crippen LogP contribution in [0.3, 0.4) is 0 Å². The summed E-state index contributed by atoms with van der Waals surface area (Å²) in [5.41, 5.74) is 1.34. The van der Waals surface area contributed by atoms with E-state index in [4.69, 9.17) is 15.2 Å². The number of phenols is 1. The molecule has 0 aromatic rings. The number of hydrogen-bond acceptors (Lipinski definition) is 3. The van der Waals surface area contributed by atoms with Gasteiger partial charge in [-0.15, -0.1) is 0 Å². The van der Waals surface area contributed by atoms with E-state index < -0.39 is 7.69 Å². The normalized spacial score (nSPS) is 9.73. The van der Waals surface area contributed by atoms with E-state index in [1.165, 1.54) is 12.1 Å². The van der Waals surface area contributed by atoms with Crippen LogP contribution in [0.4, 0.5) is 4.39 Å². The van der Waals surface area contributed by atoms with Gasteiger partial charge in [-0.1, -0.05) is 0 Å². The van der Waals surface area contributed by atoms with E-state index >= 15 is 0 Å². The summed E-state index contributed by atoms with van der Waals surface area (Å²) in [4.78, 5) is 0. The SMILES string of the molecule is OBO.Oc1c2cc(F)cc1-2. The van der Waals surface area contributed by atoms with Gasteiger partial charge < -0.3 is 15.2 Å². The highest BCUT2D eigenvalue weighted by Gasteiger charge is 2.25. The van der Waals surface area contributed by atoms with Crippen molar-refractivity contribution in [3.8, 4) is 16.9 Å². The predicted octanol–water partition coefficient (Wildman–Crippen LogP) is -0.251. The van der Waals surface area contributed by atoms with Gasteiger partial charge in [0.05, 0.1) is 0 Å². The maximum atomic E-state index is 12.0. The fraction of sp³-hybridized carbons (Fsp3) is 0. The van der Waals surface area contributed by atoms with E-state index in [1.54, 1.807) is 0 Å². The third-order valence-electron chi connectivity index (χ3n) is 1.30. The largest absolute Gasteiger partial charge is 0.507 e. The molecular formula is C6H6BFO3. The first kappa shape index (κ1) is 8.04. The van der Waals surface area contributed by atoms with E-state index in [9.17, 15) is 4.39 Å². The third-order valence-corrected chi connectivity index (χ3v) is 1.30. The highest BCUT2D eigenvalue weighted by molar-refractivity contribution is 6.13. The first-order chi connectivity index (χ1) is 5.20. The van der Waals surface area contributed by atoms with Crippen molar-refractivity contribution in [3.05, 3.63) is 17.9 Å². The Labute approximate surface area is 63.0 Å². The standard InChI is InChI=1S/C6H3FO.BH3O2/c7-3-1-4-5(2-3)6(4)8;2-1-3/h1-2,8H;1-3H. The van der Waals surface area contributed by atoms with E-state index in [-0.39, 0.29) is 11.6 Å². The summed E-state index contributed by atoms with van der Waals surface area (Å²) >= 11 is 0. The Morgan fingerprint density at radius 1 is 1.18 bits per heavy atom. The Balaban J connectivity index is 0.000000179. The van der Waals surface area contributed by atoms with Gasteiger partial charge in [-0.2, -0.15) is 0 Å². The second kappa shape index (κ2) is 2.90. The van der Waals surface area contributed by atoms with Crippen LogP contribution >= 0.6 is 0 Å². The van der Waals surface area contributed by atoms with Gasteiger partial charge in [0.1, 0.15) is 11.6 Å². The first-order valence-corrected chi connectivity index (χ1v) is 2.95. The molecule has 3 N–H and O–H groups in total.